The van der Waals surface area contributed by atoms with Gasteiger partial charge in [-0.3, -0.25) is 9.97 Å². The van der Waals surface area contributed by atoms with Gasteiger partial charge < -0.3 is 13.2 Å². The lowest BCUT2D eigenvalue weighted by molar-refractivity contribution is 0.364. The third-order valence-corrected chi connectivity index (χ3v) is 20.6. The minimum absolute atomic E-state index is 0.256. The molecular formula is C76H53N3O2. The average Bonchev–Trinajstić information content (AvgIpc) is 3.94. The van der Waals surface area contributed by atoms with E-state index in [0.29, 0.717) is 0 Å². The van der Waals surface area contributed by atoms with E-state index in [-0.39, 0.29) is 10.8 Å². The van der Waals surface area contributed by atoms with Crippen LogP contribution >= 0.6 is 0 Å². The molecule has 0 unspecified atom stereocenters. The smallest absolute Gasteiger partial charge is 0.143 e. The molecule has 6 heterocycles. The first-order chi connectivity index (χ1) is 39.7. The fraction of sp³-hybridized carbons (Fsp3) is 0.158. The van der Waals surface area contributed by atoms with Crippen LogP contribution in [0.4, 0.5) is 0 Å². The molecule has 0 saturated carbocycles. The average molecular weight is 1040 g/mol. The second-order valence-corrected chi connectivity index (χ2v) is 25.2. The van der Waals surface area contributed by atoms with Gasteiger partial charge in [0.25, 0.3) is 0 Å². The summed E-state index contributed by atoms with van der Waals surface area (Å²) in [6.07, 6.45) is 8.38. The number of furan rings is 2. The predicted octanol–water partition coefficient (Wildman–Crippen LogP) is 19.5. The molecule has 0 aliphatic heterocycles. The Hall–Kier alpha value is -9.32. The molecule has 0 atom stereocenters. The van der Waals surface area contributed by atoms with Crippen molar-refractivity contribution in [3.05, 3.63) is 245 Å². The van der Waals surface area contributed by atoms with E-state index in [2.05, 4.69) is 233 Å². The second-order valence-electron chi connectivity index (χ2n) is 25.2. The Bertz CT molecular complexity index is 4910. The number of pyridine rings is 2. The van der Waals surface area contributed by atoms with Gasteiger partial charge >= 0.3 is 0 Å². The summed E-state index contributed by atoms with van der Waals surface area (Å²) in [5.41, 5.74) is 25.6. The standard InChI is InChI=1S/C76H53N3O2/c1-73(2)35-37-75(54-29-11-5-19-42(54)43-20-6-12-30-55(43)75)71-66(73)64-58(40-77-71)79-59-41-78-72-67(74(3,4)36-38-76(72)56-31-13-7-21-44(56)45-22-8-14-32-57(45)76)65(59)63-53(51-28-18-26-49-47-24-10-16-34-61(47)81-70(49)51)39-52(62(64)68(63)79)50-27-17-25-48-46-23-9-15-33-60(46)80-69(48)50/h5-34,39-41H,35-38H2,1-4H3. The number of rotatable bonds is 2. The lowest BCUT2D eigenvalue weighted by atomic mass is 9.59. The van der Waals surface area contributed by atoms with Gasteiger partial charge in [0.1, 0.15) is 22.3 Å². The van der Waals surface area contributed by atoms with Crippen molar-refractivity contribution in [1.29, 1.82) is 0 Å². The van der Waals surface area contributed by atoms with Gasteiger partial charge in [0.2, 0.25) is 0 Å². The van der Waals surface area contributed by atoms with Crippen LogP contribution in [0.25, 0.3) is 126 Å². The van der Waals surface area contributed by atoms with Crippen molar-refractivity contribution < 1.29 is 8.83 Å². The van der Waals surface area contributed by atoms with Crippen molar-refractivity contribution in [3.63, 3.8) is 0 Å². The van der Waals surface area contributed by atoms with Crippen LogP contribution in [0.1, 0.15) is 98.1 Å². The third-order valence-electron chi connectivity index (χ3n) is 20.6. The Balaban J connectivity index is 1.06. The SMILES string of the molecule is CC1(C)CCC2(c3ccccc3-c3ccccc32)c2ncc3c(c21)c1c(-c2cccc4c2oc2ccccc24)cc(-c2cccc4c2oc2ccccc24)c2c4c5c(ncc4n3c12)C1(CCC5(C)C)c2ccccc2-c2ccccc21. The van der Waals surface area contributed by atoms with Crippen molar-refractivity contribution in [2.45, 2.75) is 75.0 Å². The molecule has 0 fully saturated rings. The number of fused-ring (bicyclic) bond motifs is 28. The molecule has 0 N–H and O–H groups in total. The molecule has 5 nitrogen and oxygen atoms in total. The Kier molecular flexibility index (Phi) is 8.20. The van der Waals surface area contributed by atoms with Crippen LogP contribution in [-0.2, 0) is 21.7 Å². The quantitative estimate of drug-likeness (QED) is 0.173. The highest BCUT2D eigenvalue weighted by atomic mass is 16.3. The Morgan fingerprint density at radius 3 is 1.14 bits per heavy atom. The number of aromatic nitrogens is 3. The van der Waals surface area contributed by atoms with E-state index < -0.39 is 10.8 Å². The van der Waals surface area contributed by atoms with Crippen molar-refractivity contribution in [1.82, 2.24) is 14.4 Å². The zero-order chi connectivity index (χ0) is 53.5. The molecular weight excluding hydrogens is 987 g/mol. The summed E-state index contributed by atoms with van der Waals surface area (Å²) in [7, 11) is 0. The summed E-state index contributed by atoms with van der Waals surface area (Å²) < 4.78 is 16.9. The molecule has 19 rings (SSSR count). The monoisotopic (exact) mass is 1040 g/mol. The van der Waals surface area contributed by atoms with E-state index in [4.69, 9.17) is 18.8 Å². The van der Waals surface area contributed by atoms with Crippen molar-refractivity contribution in [3.8, 4) is 44.5 Å². The number of hydrogen-bond donors (Lipinski definition) is 0. The predicted molar refractivity (Wildman–Crippen MR) is 330 cm³/mol. The van der Waals surface area contributed by atoms with Gasteiger partial charge in [-0.1, -0.05) is 198 Å². The maximum atomic E-state index is 7.14. The fourth-order valence-corrected chi connectivity index (χ4v) is 17.1. The van der Waals surface area contributed by atoms with Gasteiger partial charge in [-0.15, -0.1) is 0 Å². The van der Waals surface area contributed by atoms with Crippen LogP contribution in [0, 0.1) is 0 Å². The molecule has 4 aliphatic carbocycles. The van der Waals surface area contributed by atoms with Crippen molar-refractivity contribution in [2.75, 3.05) is 0 Å². The number of hydrogen-bond acceptors (Lipinski definition) is 4. The van der Waals surface area contributed by atoms with E-state index in [1.165, 1.54) is 94.1 Å². The molecule has 0 bridgehead atoms. The first-order valence-corrected chi connectivity index (χ1v) is 29.0. The van der Waals surface area contributed by atoms with Gasteiger partial charge in [0.15, 0.2) is 0 Å². The maximum absolute atomic E-state index is 7.14. The lowest BCUT2D eigenvalue weighted by Gasteiger charge is -2.44. The van der Waals surface area contributed by atoms with Crippen molar-refractivity contribution in [2.24, 2.45) is 0 Å². The summed E-state index contributed by atoms with van der Waals surface area (Å²) in [6, 6.07) is 69.6. The fourth-order valence-electron chi connectivity index (χ4n) is 17.1. The second kappa shape index (κ2) is 14.9. The van der Waals surface area contributed by atoms with E-state index in [1.54, 1.807) is 0 Å². The first-order valence-electron chi connectivity index (χ1n) is 29.0. The Labute approximate surface area is 467 Å². The summed E-state index contributed by atoms with van der Waals surface area (Å²) in [6.45, 7) is 9.90. The first kappa shape index (κ1) is 44.5. The molecule has 15 aromatic rings. The highest BCUT2D eigenvalue weighted by molar-refractivity contribution is 6.33. The molecule has 6 aromatic heterocycles. The summed E-state index contributed by atoms with van der Waals surface area (Å²) in [5, 5.41) is 9.40. The number of nitrogens with zero attached hydrogens (tertiary/aromatic N) is 3. The van der Waals surface area contributed by atoms with Crippen LogP contribution in [-0.4, -0.2) is 14.4 Å². The molecule has 0 saturated heterocycles. The van der Waals surface area contributed by atoms with E-state index in [9.17, 15) is 0 Å². The summed E-state index contributed by atoms with van der Waals surface area (Å²) >= 11 is 0. The molecule has 384 valence electrons. The normalized spacial score (nSPS) is 16.8. The third kappa shape index (κ3) is 5.22. The van der Waals surface area contributed by atoms with Gasteiger partial charge in [-0.05, 0) is 121 Å². The molecule has 5 heteroatoms. The molecule has 81 heavy (non-hydrogen) atoms. The van der Waals surface area contributed by atoms with Crippen LogP contribution in [0.15, 0.2) is 209 Å². The zero-order valence-corrected chi connectivity index (χ0v) is 45.5. The van der Waals surface area contributed by atoms with Gasteiger partial charge in [-0.25, -0.2) is 0 Å². The largest absolute Gasteiger partial charge is 0.455 e. The summed E-state index contributed by atoms with van der Waals surface area (Å²) in [4.78, 5) is 11.9. The Morgan fingerprint density at radius 2 is 0.716 bits per heavy atom. The lowest BCUT2D eigenvalue weighted by Crippen LogP contribution is -2.39. The van der Waals surface area contributed by atoms with E-state index in [0.717, 1.165) is 103 Å². The van der Waals surface area contributed by atoms with Gasteiger partial charge in [0, 0.05) is 54.2 Å². The van der Waals surface area contributed by atoms with E-state index in [1.807, 2.05) is 0 Å². The van der Waals surface area contributed by atoms with Crippen LogP contribution < -0.4 is 0 Å². The molecule has 9 aromatic carbocycles. The van der Waals surface area contributed by atoms with Crippen LogP contribution in [0.5, 0.6) is 0 Å². The molecule has 0 radical (unpaired) electrons. The minimum atomic E-state index is -0.436. The van der Waals surface area contributed by atoms with E-state index >= 15 is 0 Å². The highest BCUT2D eigenvalue weighted by Crippen LogP contribution is 2.65. The Morgan fingerprint density at radius 1 is 0.358 bits per heavy atom. The topological polar surface area (TPSA) is 56.5 Å². The maximum Gasteiger partial charge on any atom is 0.143 e. The molecule has 2 spiro atoms. The molecule has 0 amide bonds. The number of benzene rings is 9. The van der Waals surface area contributed by atoms with Gasteiger partial charge in [0.05, 0.1) is 51.2 Å². The minimum Gasteiger partial charge on any atom is -0.455 e. The molecule has 4 aliphatic rings. The highest BCUT2D eigenvalue weighted by Gasteiger charge is 2.54. The van der Waals surface area contributed by atoms with Crippen LogP contribution in [0.3, 0.4) is 0 Å². The van der Waals surface area contributed by atoms with Gasteiger partial charge in [-0.2, -0.15) is 0 Å². The van der Waals surface area contributed by atoms with Crippen LogP contribution in [0.2, 0.25) is 0 Å². The number of para-hydroxylation sites is 4. The zero-order valence-electron chi connectivity index (χ0n) is 45.5. The van der Waals surface area contributed by atoms with Crippen molar-refractivity contribution >= 4 is 82.0 Å². The summed E-state index contributed by atoms with van der Waals surface area (Å²) in [5.74, 6) is 0.